The highest BCUT2D eigenvalue weighted by Crippen LogP contribution is 2.18. The van der Waals surface area contributed by atoms with E-state index in [1.165, 1.54) is 31.2 Å². The molecule has 1 aliphatic rings. The second kappa shape index (κ2) is 11.3. The van der Waals surface area contributed by atoms with Crippen molar-refractivity contribution in [1.82, 2.24) is 15.2 Å². The van der Waals surface area contributed by atoms with Crippen LogP contribution >= 0.6 is 11.6 Å². The zero-order valence-corrected chi connectivity index (χ0v) is 18.9. The molecule has 1 aromatic heterocycles. The van der Waals surface area contributed by atoms with Crippen molar-refractivity contribution in [2.75, 3.05) is 25.0 Å². The molecule has 0 saturated carbocycles. The smallest absolute Gasteiger partial charge is 0.224 e. The number of nitrogens with zero attached hydrogens (tertiary/aromatic N) is 3. The van der Waals surface area contributed by atoms with Crippen LogP contribution in [0.25, 0.3) is 0 Å². The minimum atomic E-state index is 0.0918. The van der Waals surface area contributed by atoms with Crippen LogP contribution in [0.15, 0.2) is 42.6 Å². The molecule has 0 spiro atoms. The molecule has 30 heavy (non-hydrogen) atoms. The lowest BCUT2D eigenvalue weighted by Crippen LogP contribution is -2.34. The number of amides is 1. The van der Waals surface area contributed by atoms with Crippen molar-refractivity contribution >= 4 is 23.3 Å². The third-order valence-corrected chi connectivity index (χ3v) is 5.85. The van der Waals surface area contributed by atoms with E-state index in [2.05, 4.69) is 28.2 Å². The van der Waals surface area contributed by atoms with Crippen LogP contribution in [-0.2, 0) is 17.9 Å². The first-order valence-electron chi connectivity index (χ1n) is 10.9. The molecule has 1 unspecified atom stereocenters. The van der Waals surface area contributed by atoms with Crippen LogP contribution < -0.4 is 10.2 Å². The first-order valence-corrected chi connectivity index (χ1v) is 11.3. The Morgan fingerprint density at radius 3 is 2.67 bits per heavy atom. The number of pyridine rings is 1. The lowest BCUT2D eigenvalue weighted by Gasteiger charge is -2.22. The molecule has 2 heterocycles. The predicted molar refractivity (Wildman–Crippen MR) is 124 cm³/mol. The summed E-state index contributed by atoms with van der Waals surface area (Å²) in [4.78, 5) is 21.3. The van der Waals surface area contributed by atoms with Crippen LogP contribution in [0.4, 0.5) is 5.82 Å². The van der Waals surface area contributed by atoms with E-state index in [9.17, 15) is 4.79 Å². The maximum atomic E-state index is 12.6. The molecule has 5 nitrogen and oxygen atoms in total. The van der Waals surface area contributed by atoms with Gasteiger partial charge >= 0.3 is 0 Å². The topological polar surface area (TPSA) is 48.5 Å². The van der Waals surface area contributed by atoms with Gasteiger partial charge in [-0.25, -0.2) is 4.98 Å². The van der Waals surface area contributed by atoms with Crippen LogP contribution in [0, 0.1) is 0 Å². The van der Waals surface area contributed by atoms with Gasteiger partial charge in [-0.3, -0.25) is 4.79 Å². The fourth-order valence-electron chi connectivity index (χ4n) is 3.82. The molecule has 1 N–H and O–H groups in total. The molecule has 1 atom stereocenters. The molecule has 6 heteroatoms. The zero-order valence-electron chi connectivity index (χ0n) is 18.1. The summed E-state index contributed by atoms with van der Waals surface area (Å²) < 4.78 is 0. The van der Waals surface area contributed by atoms with Gasteiger partial charge in [0.25, 0.3) is 0 Å². The third kappa shape index (κ3) is 6.99. The minimum absolute atomic E-state index is 0.0918. The van der Waals surface area contributed by atoms with Gasteiger partial charge in [-0.1, -0.05) is 36.6 Å². The Morgan fingerprint density at radius 1 is 1.17 bits per heavy atom. The predicted octanol–water partition coefficient (Wildman–Crippen LogP) is 4.64. The number of nitrogens with one attached hydrogen (secondary N) is 1. The molecule has 0 aliphatic carbocycles. The van der Waals surface area contributed by atoms with E-state index < -0.39 is 0 Å². The van der Waals surface area contributed by atoms with E-state index >= 15 is 0 Å². The summed E-state index contributed by atoms with van der Waals surface area (Å²) in [6, 6.07) is 12.0. The van der Waals surface area contributed by atoms with Crippen molar-refractivity contribution in [3.8, 4) is 0 Å². The molecule has 0 bridgehead atoms. The van der Waals surface area contributed by atoms with Crippen molar-refractivity contribution < 1.29 is 4.79 Å². The van der Waals surface area contributed by atoms with Gasteiger partial charge in [-0.2, -0.15) is 0 Å². The Morgan fingerprint density at radius 2 is 1.93 bits per heavy atom. The zero-order chi connectivity index (χ0) is 21.3. The molecule has 3 rings (SSSR count). The van der Waals surface area contributed by atoms with Crippen molar-refractivity contribution in [3.05, 3.63) is 58.7 Å². The Balaban J connectivity index is 1.47. The van der Waals surface area contributed by atoms with Gasteiger partial charge < -0.3 is 15.1 Å². The molecule has 0 radical (unpaired) electrons. The molecule has 1 fully saturated rings. The highest BCUT2D eigenvalue weighted by atomic mass is 35.5. The first kappa shape index (κ1) is 22.6. The summed E-state index contributed by atoms with van der Waals surface area (Å²) in [6.07, 6.45) is 7.47. The average molecular weight is 429 g/mol. The molecule has 1 aliphatic heterocycles. The molecule has 1 amide bonds. The van der Waals surface area contributed by atoms with E-state index in [1.807, 2.05) is 43.6 Å². The molecule has 1 aromatic carbocycles. The highest BCUT2D eigenvalue weighted by Gasteiger charge is 2.15. The second-order valence-electron chi connectivity index (χ2n) is 8.29. The largest absolute Gasteiger partial charge is 0.357 e. The van der Waals surface area contributed by atoms with Crippen LogP contribution in [0.3, 0.4) is 0 Å². The fraction of sp³-hybridized carbons (Fsp3) is 0.500. The number of carbonyl (C=O) groups excluding carboxylic acids is 1. The van der Waals surface area contributed by atoms with Gasteiger partial charge in [0, 0.05) is 56.9 Å². The fourth-order valence-corrected chi connectivity index (χ4v) is 4.04. The van der Waals surface area contributed by atoms with Crippen LogP contribution in [0.1, 0.15) is 50.2 Å². The number of halogens is 1. The second-order valence-corrected chi connectivity index (χ2v) is 8.73. The molecule has 162 valence electrons. The standard InChI is InChI=1S/C24H33ClN4O/c1-19(14-24(30)28(2)18-21-8-7-9-22(25)15-21)27-17-20-10-11-26-23(16-20)29-12-5-3-4-6-13-29/h7-11,15-16,19,27H,3-6,12-14,17-18H2,1-2H3. The maximum absolute atomic E-state index is 12.6. The van der Waals surface area contributed by atoms with E-state index in [0.717, 1.165) is 31.0 Å². The Bertz CT molecular complexity index is 820. The normalized spacial score (nSPS) is 15.5. The average Bonchev–Trinajstić information content (AvgIpc) is 3.02. The SMILES string of the molecule is CC(CC(=O)N(C)Cc1cccc(Cl)c1)NCc1ccnc(N2CCCCCC2)c1. The van der Waals surface area contributed by atoms with Gasteiger partial charge in [-0.15, -0.1) is 0 Å². The number of hydrogen-bond acceptors (Lipinski definition) is 4. The summed E-state index contributed by atoms with van der Waals surface area (Å²) in [5.41, 5.74) is 2.24. The van der Waals surface area contributed by atoms with Crippen molar-refractivity contribution in [2.45, 2.75) is 58.2 Å². The maximum Gasteiger partial charge on any atom is 0.224 e. The van der Waals surface area contributed by atoms with Crippen LogP contribution in [-0.4, -0.2) is 42.0 Å². The molecule has 1 saturated heterocycles. The number of anilines is 1. The van der Waals surface area contributed by atoms with Crippen molar-refractivity contribution in [3.63, 3.8) is 0 Å². The van der Waals surface area contributed by atoms with Crippen LogP contribution in [0.5, 0.6) is 0 Å². The lowest BCUT2D eigenvalue weighted by molar-refractivity contribution is -0.130. The molecule has 2 aromatic rings. The molecular weight excluding hydrogens is 396 g/mol. The lowest BCUT2D eigenvalue weighted by atomic mass is 10.1. The first-order chi connectivity index (χ1) is 14.5. The Kier molecular flexibility index (Phi) is 8.52. The van der Waals surface area contributed by atoms with Gasteiger partial charge in [-0.05, 0) is 55.2 Å². The van der Waals surface area contributed by atoms with Gasteiger partial charge in [0.05, 0.1) is 0 Å². The quantitative estimate of drug-likeness (QED) is 0.665. The van der Waals surface area contributed by atoms with Crippen molar-refractivity contribution in [2.24, 2.45) is 0 Å². The summed E-state index contributed by atoms with van der Waals surface area (Å²) in [6.45, 7) is 5.54. The number of hydrogen-bond donors (Lipinski definition) is 1. The van der Waals surface area contributed by atoms with E-state index in [0.29, 0.717) is 18.0 Å². The summed E-state index contributed by atoms with van der Waals surface area (Å²) in [5.74, 6) is 1.19. The van der Waals surface area contributed by atoms with Gasteiger partial charge in [0.1, 0.15) is 5.82 Å². The van der Waals surface area contributed by atoms with Crippen LogP contribution in [0.2, 0.25) is 5.02 Å². The number of carbonyl (C=O) groups is 1. The number of benzene rings is 1. The summed E-state index contributed by atoms with van der Waals surface area (Å²) in [5, 5.41) is 4.18. The summed E-state index contributed by atoms with van der Waals surface area (Å²) >= 11 is 6.04. The van der Waals surface area contributed by atoms with E-state index in [1.54, 1.807) is 4.90 Å². The monoisotopic (exact) mass is 428 g/mol. The van der Waals surface area contributed by atoms with Crippen molar-refractivity contribution in [1.29, 1.82) is 0 Å². The Labute approximate surface area is 185 Å². The summed E-state index contributed by atoms with van der Waals surface area (Å²) in [7, 11) is 1.84. The van der Waals surface area contributed by atoms with Gasteiger partial charge in [0.2, 0.25) is 5.91 Å². The number of aromatic nitrogens is 1. The Hall–Kier alpha value is -2.11. The van der Waals surface area contributed by atoms with Gasteiger partial charge in [0.15, 0.2) is 0 Å². The number of rotatable bonds is 8. The van der Waals surface area contributed by atoms with E-state index in [4.69, 9.17) is 11.6 Å². The van der Waals surface area contributed by atoms with E-state index in [-0.39, 0.29) is 11.9 Å². The molecular formula is C24H33ClN4O. The minimum Gasteiger partial charge on any atom is -0.357 e. The highest BCUT2D eigenvalue weighted by molar-refractivity contribution is 6.30. The third-order valence-electron chi connectivity index (χ3n) is 5.61.